The maximum Gasteiger partial charge on any atom is 0.411 e. The highest BCUT2D eigenvalue weighted by atomic mass is 16.6. The highest BCUT2D eigenvalue weighted by Crippen LogP contribution is 2.30. The van der Waals surface area contributed by atoms with Crippen molar-refractivity contribution in [1.29, 1.82) is 0 Å². The van der Waals surface area contributed by atoms with Crippen LogP contribution in [0.5, 0.6) is 5.75 Å². The Labute approximate surface area is 372 Å². The number of hydrogen-bond acceptors (Lipinski definition) is 9. The first kappa shape index (κ1) is 45.2. The topological polar surface area (TPSA) is 185 Å². The van der Waals surface area contributed by atoms with Crippen molar-refractivity contribution < 1.29 is 29.3 Å². The molecule has 332 valence electrons. The van der Waals surface area contributed by atoms with Crippen molar-refractivity contribution in [2.24, 2.45) is 0 Å². The zero-order valence-corrected chi connectivity index (χ0v) is 36.0. The molecule has 0 saturated carbocycles. The fraction of sp³-hybridized carbons (Fsp3) is 0.294. The van der Waals surface area contributed by atoms with Gasteiger partial charge in [0.15, 0.2) is 0 Å². The minimum absolute atomic E-state index is 0.0204. The zero-order chi connectivity index (χ0) is 44.8. The minimum Gasteiger partial charge on any atom is -0.506 e. The predicted molar refractivity (Wildman–Crippen MR) is 249 cm³/mol. The Balaban J connectivity index is 0.760. The Morgan fingerprint density at radius 2 is 1.47 bits per heavy atom. The van der Waals surface area contributed by atoms with Crippen LogP contribution < -0.4 is 26.8 Å². The highest BCUT2D eigenvalue weighted by molar-refractivity contribution is 5.91. The average molecular weight is 865 g/mol. The van der Waals surface area contributed by atoms with Gasteiger partial charge >= 0.3 is 6.09 Å². The van der Waals surface area contributed by atoms with E-state index in [0.29, 0.717) is 67.5 Å². The fourth-order valence-corrected chi connectivity index (χ4v) is 8.04. The molecule has 0 spiro atoms. The summed E-state index contributed by atoms with van der Waals surface area (Å²) in [7, 11) is 0. The number of likely N-dealkylation sites (tertiary alicyclic amines) is 1. The monoisotopic (exact) mass is 864 g/mol. The maximum absolute atomic E-state index is 12.9. The molecule has 1 saturated heterocycles. The molecule has 1 aromatic heterocycles. The molecule has 7 rings (SSSR count). The number of nitrogens with zero attached hydrogens (tertiary/aromatic N) is 1. The van der Waals surface area contributed by atoms with E-state index in [1.807, 2.05) is 110 Å². The zero-order valence-electron chi connectivity index (χ0n) is 36.0. The van der Waals surface area contributed by atoms with Gasteiger partial charge in [-0.2, -0.15) is 0 Å². The summed E-state index contributed by atoms with van der Waals surface area (Å²) in [5.74, 6) is -0.170. The van der Waals surface area contributed by atoms with Gasteiger partial charge in [-0.1, -0.05) is 103 Å². The number of benzene rings is 5. The Bertz CT molecular complexity index is 2570. The first-order valence-corrected chi connectivity index (χ1v) is 21.9. The number of para-hydroxylation sites is 1. The molecule has 7 N–H and O–H groups in total. The lowest BCUT2D eigenvalue weighted by molar-refractivity contribution is -0.122. The number of pyridine rings is 1. The van der Waals surface area contributed by atoms with E-state index in [1.165, 1.54) is 12.1 Å². The van der Waals surface area contributed by atoms with Crippen LogP contribution in [0.3, 0.4) is 0 Å². The number of nitrogens with one attached hydrogen (secondary N) is 5. The number of rotatable bonds is 18. The summed E-state index contributed by atoms with van der Waals surface area (Å²) in [6.45, 7) is 5.22. The molecular weight excluding hydrogens is 809 g/mol. The molecular formula is C51H56N6O7. The van der Waals surface area contributed by atoms with Crippen LogP contribution in [0.4, 0.5) is 10.5 Å². The van der Waals surface area contributed by atoms with Crippen molar-refractivity contribution in [3.05, 3.63) is 166 Å². The number of amides is 3. The number of phenolic OH excluding ortho intramolecular Hbond substituents is 1. The van der Waals surface area contributed by atoms with E-state index in [0.717, 1.165) is 46.5 Å². The smallest absolute Gasteiger partial charge is 0.411 e. The lowest BCUT2D eigenvalue weighted by Crippen LogP contribution is -2.40. The van der Waals surface area contributed by atoms with Crippen LogP contribution in [0, 0.1) is 0 Å². The standard InChI is InChI=1S/C51H56N6O7/c1-34(52-33-46(59)42-18-20-45(58)50-43(42)19-21-48(61)56-50)28-37-8-7-9-38(29-37)30-49(62)54-32-36-16-14-35(15-17-36)31-53-47(60)24-27-57-25-22-40(23-26-57)64-51(63)55-44-13-6-5-12-41(44)39-10-3-2-4-11-39/h2-21,29,34,40,46,52,58-59H,22-28,30-33H2,1H3,(H,53,60)(H,54,62)(H,55,63)(H,56,61)/t34?,46-/m0/s1. The normalized spacial score (nSPS) is 14.1. The molecule has 13 heteroatoms. The van der Waals surface area contributed by atoms with Gasteiger partial charge in [0.05, 0.1) is 23.7 Å². The number of fused-ring (bicyclic) bond motifs is 1. The number of piperidine rings is 1. The molecule has 0 aliphatic carbocycles. The number of aromatic nitrogens is 1. The highest BCUT2D eigenvalue weighted by Gasteiger charge is 2.23. The molecule has 0 bridgehead atoms. The molecule has 3 amide bonds. The van der Waals surface area contributed by atoms with Crippen molar-refractivity contribution >= 4 is 34.5 Å². The lowest BCUT2D eigenvalue weighted by Gasteiger charge is -2.31. The number of phenols is 1. The van der Waals surface area contributed by atoms with Crippen LogP contribution in [0.1, 0.15) is 60.1 Å². The quantitative estimate of drug-likeness (QED) is 0.0492. The minimum atomic E-state index is -0.859. The molecule has 1 fully saturated rings. The molecule has 1 aliphatic heterocycles. The summed E-state index contributed by atoms with van der Waals surface area (Å²) in [6, 6.07) is 39.4. The predicted octanol–water partition coefficient (Wildman–Crippen LogP) is 6.73. The van der Waals surface area contributed by atoms with Crippen LogP contribution in [0.15, 0.2) is 132 Å². The second-order valence-electron chi connectivity index (χ2n) is 16.4. The van der Waals surface area contributed by atoms with Crippen molar-refractivity contribution in [3.63, 3.8) is 0 Å². The Kier molecular flexibility index (Phi) is 15.6. The number of hydrogen-bond donors (Lipinski definition) is 7. The number of aromatic amines is 1. The Morgan fingerprint density at radius 3 is 2.22 bits per heavy atom. The third-order valence-corrected chi connectivity index (χ3v) is 11.5. The number of anilines is 1. The fourth-order valence-electron chi connectivity index (χ4n) is 8.04. The van der Waals surface area contributed by atoms with E-state index < -0.39 is 12.2 Å². The molecule has 13 nitrogen and oxygen atoms in total. The number of ether oxygens (including phenoxy) is 1. The van der Waals surface area contributed by atoms with Gasteiger partial charge in [-0.3, -0.25) is 19.7 Å². The third kappa shape index (κ3) is 12.9. The largest absolute Gasteiger partial charge is 0.506 e. The van der Waals surface area contributed by atoms with Gasteiger partial charge in [0, 0.05) is 68.7 Å². The molecule has 64 heavy (non-hydrogen) atoms. The molecule has 6 aromatic rings. The number of aromatic hydroxyl groups is 1. The molecule has 1 aliphatic rings. The van der Waals surface area contributed by atoms with Gasteiger partial charge in [-0.25, -0.2) is 4.79 Å². The van der Waals surface area contributed by atoms with E-state index in [9.17, 15) is 29.4 Å². The van der Waals surface area contributed by atoms with Crippen LogP contribution in [0.2, 0.25) is 0 Å². The average Bonchev–Trinajstić information content (AvgIpc) is 3.30. The van der Waals surface area contributed by atoms with E-state index >= 15 is 0 Å². The van der Waals surface area contributed by atoms with E-state index in [4.69, 9.17) is 4.74 Å². The molecule has 5 aromatic carbocycles. The summed E-state index contributed by atoms with van der Waals surface area (Å²) in [6.07, 6.45) is 1.20. The number of H-pyrrole nitrogens is 1. The van der Waals surface area contributed by atoms with Crippen LogP contribution >= 0.6 is 0 Å². The second kappa shape index (κ2) is 22.0. The van der Waals surface area contributed by atoms with Crippen LogP contribution in [-0.4, -0.2) is 76.3 Å². The van der Waals surface area contributed by atoms with Gasteiger partial charge in [0.2, 0.25) is 17.4 Å². The summed E-state index contributed by atoms with van der Waals surface area (Å²) in [4.78, 5) is 55.0. The molecule has 1 unspecified atom stereocenters. The Hall–Kier alpha value is -6.80. The van der Waals surface area contributed by atoms with Crippen molar-refractivity contribution in [2.75, 3.05) is 31.5 Å². The first-order chi connectivity index (χ1) is 31.1. The van der Waals surface area contributed by atoms with E-state index in [-0.39, 0.29) is 48.2 Å². The van der Waals surface area contributed by atoms with Gasteiger partial charge in [-0.05, 0) is 77.8 Å². The molecule has 2 heterocycles. The number of aliphatic hydroxyl groups is 1. The van der Waals surface area contributed by atoms with Gasteiger partial charge in [0.1, 0.15) is 11.9 Å². The SMILES string of the molecule is CC(Cc1cccc(CC(=O)NCc2ccc(CNC(=O)CCN3CCC(OC(=O)Nc4ccccc4-c4ccccc4)CC3)cc2)c1)NC[C@H](O)c1ccc(O)c2[nH]c(=O)ccc12. The summed E-state index contributed by atoms with van der Waals surface area (Å²) < 4.78 is 5.76. The van der Waals surface area contributed by atoms with E-state index in [2.05, 4.69) is 31.2 Å². The third-order valence-electron chi connectivity index (χ3n) is 11.5. The molecule has 0 radical (unpaired) electrons. The Morgan fingerprint density at radius 1 is 0.781 bits per heavy atom. The maximum atomic E-state index is 12.9. The van der Waals surface area contributed by atoms with Crippen molar-refractivity contribution in [2.45, 2.75) is 70.4 Å². The number of carbonyl (C=O) groups excluding carboxylic acids is 3. The van der Waals surface area contributed by atoms with Crippen LogP contribution in [0.25, 0.3) is 22.0 Å². The second-order valence-corrected chi connectivity index (χ2v) is 16.4. The first-order valence-electron chi connectivity index (χ1n) is 21.9. The van der Waals surface area contributed by atoms with Gasteiger partial charge in [-0.15, -0.1) is 0 Å². The number of carbonyl (C=O) groups is 3. The summed E-state index contributed by atoms with van der Waals surface area (Å²) in [5.41, 5.74) is 7.10. The summed E-state index contributed by atoms with van der Waals surface area (Å²) >= 11 is 0. The van der Waals surface area contributed by atoms with Crippen molar-refractivity contribution in [1.82, 2.24) is 25.8 Å². The van der Waals surface area contributed by atoms with Gasteiger partial charge in [0.25, 0.3) is 0 Å². The molecule has 2 atom stereocenters. The van der Waals surface area contributed by atoms with Crippen molar-refractivity contribution in [3.8, 4) is 16.9 Å². The lowest BCUT2D eigenvalue weighted by atomic mass is 10.0. The van der Waals surface area contributed by atoms with Crippen LogP contribution in [-0.2, 0) is 40.3 Å². The summed E-state index contributed by atoms with van der Waals surface area (Å²) in [5, 5.41) is 34.0. The van der Waals surface area contributed by atoms with E-state index in [1.54, 1.807) is 12.1 Å². The number of aliphatic hydroxyl groups excluding tert-OH is 1. The van der Waals surface area contributed by atoms with Gasteiger partial charge < -0.3 is 40.8 Å².